The number of carbonyl (C=O) groups is 1. The molecule has 0 atom stereocenters. The Morgan fingerprint density at radius 3 is 2.29 bits per heavy atom. The molecule has 1 fully saturated rings. The molecule has 1 aliphatic rings. The van der Waals surface area contributed by atoms with E-state index in [4.69, 9.17) is 17.0 Å². The Hall–Kier alpha value is -3.09. The fourth-order valence-corrected chi connectivity index (χ4v) is 4.44. The number of hydrogen-bond donors (Lipinski definition) is 0. The number of hydrogen-bond acceptors (Lipinski definition) is 5. The number of carbonyl (C=O) groups excluding carboxylic acids is 1. The minimum atomic E-state index is -0.1000. The highest BCUT2D eigenvalue weighted by atomic mass is 32.2. The van der Waals surface area contributed by atoms with Gasteiger partial charge in [0.05, 0.1) is 10.6 Å². The van der Waals surface area contributed by atoms with Crippen LogP contribution in [0.4, 0.5) is 11.4 Å². The fraction of sp³-hybridized carbons (Fsp3) is 0.120. The molecule has 4 nitrogen and oxygen atoms in total. The summed E-state index contributed by atoms with van der Waals surface area (Å²) in [5, 5.41) is 0. The van der Waals surface area contributed by atoms with E-state index in [0.29, 0.717) is 15.8 Å². The van der Waals surface area contributed by atoms with Gasteiger partial charge in [0.2, 0.25) is 0 Å². The van der Waals surface area contributed by atoms with E-state index < -0.39 is 0 Å². The number of rotatable bonds is 6. The second kappa shape index (κ2) is 9.37. The van der Waals surface area contributed by atoms with Crippen LogP contribution in [0, 0.1) is 0 Å². The Labute approximate surface area is 192 Å². The van der Waals surface area contributed by atoms with Crippen molar-refractivity contribution in [2.45, 2.75) is 6.61 Å². The molecular weight excluding hydrogens is 424 g/mol. The first-order valence-electron chi connectivity index (χ1n) is 9.83. The number of benzene rings is 3. The van der Waals surface area contributed by atoms with Crippen LogP contribution in [0.2, 0.25) is 0 Å². The monoisotopic (exact) mass is 446 g/mol. The zero-order valence-electron chi connectivity index (χ0n) is 17.3. The van der Waals surface area contributed by atoms with Crippen molar-refractivity contribution in [2.24, 2.45) is 0 Å². The van der Waals surface area contributed by atoms with Crippen LogP contribution in [-0.4, -0.2) is 24.3 Å². The summed E-state index contributed by atoms with van der Waals surface area (Å²) in [7, 11) is 3.96. The van der Waals surface area contributed by atoms with Crippen LogP contribution in [0.5, 0.6) is 5.75 Å². The van der Waals surface area contributed by atoms with Gasteiger partial charge in [-0.1, -0.05) is 66.4 Å². The molecule has 31 heavy (non-hydrogen) atoms. The Morgan fingerprint density at radius 2 is 1.65 bits per heavy atom. The van der Waals surface area contributed by atoms with Crippen LogP contribution in [0.15, 0.2) is 83.8 Å². The summed E-state index contributed by atoms with van der Waals surface area (Å²) in [4.78, 5) is 17.2. The average molecular weight is 447 g/mol. The van der Waals surface area contributed by atoms with Crippen molar-refractivity contribution in [3.8, 4) is 5.75 Å². The number of thioether (sulfide) groups is 1. The normalized spacial score (nSPS) is 14.9. The second-order valence-corrected chi connectivity index (χ2v) is 8.95. The molecule has 0 radical (unpaired) electrons. The number of ether oxygens (including phenoxy) is 1. The van der Waals surface area contributed by atoms with E-state index in [1.807, 2.05) is 104 Å². The van der Waals surface area contributed by atoms with Crippen molar-refractivity contribution < 1.29 is 9.53 Å². The summed E-state index contributed by atoms with van der Waals surface area (Å²) >= 11 is 6.80. The first-order chi connectivity index (χ1) is 15.0. The zero-order valence-corrected chi connectivity index (χ0v) is 19.0. The van der Waals surface area contributed by atoms with Gasteiger partial charge in [-0.3, -0.25) is 9.69 Å². The number of amides is 1. The van der Waals surface area contributed by atoms with Gasteiger partial charge in [-0.05, 0) is 53.6 Å². The van der Waals surface area contributed by atoms with Gasteiger partial charge in [-0.15, -0.1) is 0 Å². The van der Waals surface area contributed by atoms with Crippen LogP contribution in [-0.2, 0) is 11.4 Å². The maximum absolute atomic E-state index is 13.0. The van der Waals surface area contributed by atoms with Crippen LogP contribution >= 0.6 is 24.0 Å². The minimum Gasteiger partial charge on any atom is -0.489 e. The van der Waals surface area contributed by atoms with Crippen molar-refractivity contribution in [3.63, 3.8) is 0 Å². The molecule has 0 aromatic heterocycles. The van der Waals surface area contributed by atoms with Crippen LogP contribution in [0.25, 0.3) is 6.08 Å². The molecule has 0 spiro atoms. The van der Waals surface area contributed by atoms with E-state index in [1.165, 1.54) is 11.8 Å². The maximum atomic E-state index is 13.0. The third-order valence-electron chi connectivity index (χ3n) is 4.84. The molecule has 0 bridgehead atoms. The highest BCUT2D eigenvalue weighted by Crippen LogP contribution is 2.36. The molecule has 1 saturated heterocycles. The van der Waals surface area contributed by atoms with Crippen LogP contribution < -0.4 is 14.5 Å². The maximum Gasteiger partial charge on any atom is 0.270 e. The van der Waals surface area contributed by atoms with Gasteiger partial charge in [-0.25, -0.2) is 0 Å². The lowest BCUT2D eigenvalue weighted by Gasteiger charge is -2.17. The summed E-state index contributed by atoms with van der Waals surface area (Å²) < 4.78 is 6.37. The lowest BCUT2D eigenvalue weighted by molar-refractivity contribution is -0.113. The molecule has 0 N–H and O–H groups in total. The van der Waals surface area contributed by atoms with Crippen LogP contribution in [0.3, 0.4) is 0 Å². The summed E-state index contributed by atoms with van der Waals surface area (Å²) in [5.74, 6) is 0.687. The number of anilines is 2. The number of nitrogens with zero attached hydrogens (tertiary/aromatic N) is 2. The molecule has 156 valence electrons. The van der Waals surface area contributed by atoms with E-state index in [2.05, 4.69) is 0 Å². The largest absolute Gasteiger partial charge is 0.489 e. The molecule has 1 heterocycles. The van der Waals surface area contributed by atoms with Crippen LogP contribution in [0.1, 0.15) is 11.1 Å². The molecule has 3 aromatic rings. The highest BCUT2D eigenvalue weighted by molar-refractivity contribution is 8.27. The van der Waals surface area contributed by atoms with Gasteiger partial charge in [-0.2, -0.15) is 0 Å². The lowest BCUT2D eigenvalue weighted by Crippen LogP contribution is -2.27. The Bertz CT molecular complexity index is 1110. The quantitative estimate of drug-likeness (QED) is 0.356. The van der Waals surface area contributed by atoms with Crippen molar-refractivity contribution in [2.75, 3.05) is 23.9 Å². The van der Waals surface area contributed by atoms with Crippen molar-refractivity contribution >= 4 is 51.7 Å². The molecule has 6 heteroatoms. The summed E-state index contributed by atoms with van der Waals surface area (Å²) in [5.41, 5.74) is 3.89. The van der Waals surface area contributed by atoms with Gasteiger partial charge >= 0.3 is 0 Å². The first-order valence-corrected chi connectivity index (χ1v) is 11.1. The highest BCUT2D eigenvalue weighted by Gasteiger charge is 2.33. The Kier molecular flexibility index (Phi) is 6.39. The van der Waals surface area contributed by atoms with E-state index >= 15 is 0 Å². The Morgan fingerprint density at radius 1 is 0.968 bits per heavy atom. The predicted molar refractivity (Wildman–Crippen MR) is 134 cm³/mol. The van der Waals surface area contributed by atoms with E-state index in [-0.39, 0.29) is 5.91 Å². The van der Waals surface area contributed by atoms with Gasteiger partial charge in [0, 0.05) is 19.8 Å². The summed E-state index contributed by atoms with van der Waals surface area (Å²) in [6.45, 7) is 0.519. The van der Waals surface area contributed by atoms with E-state index in [0.717, 1.165) is 28.3 Å². The average Bonchev–Trinajstić information content (AvgIpc) is 3.06. The second-order valence-electron chi connectivity index (χ2n) is 7.27. The smallest absolute Gasteiger partial charge is 0.270 e. The fourth-order valence-electron chi connectivity index (χ4n) is 3.14. The summed E-state index contributed by atoms with van der Waals surface area (Å²) in [6.07, 6.45) is 1.87. The van der Waals surface area contributed by atoms with E-state index in [1.54, 1.807) is 4.90 Å². The van der Waals surface area contributed by atoms with E-state index in [9.17, 15) is 4.79 Å². The molecule has 3 aromatic carbocycles. The molecule has 1 amide bonds. The minimum absolute atomic E-state index is 0.1000. The molecule has 0 saturated carbocycles. The van der Waals surface area contributed by atoms with Crippen molar-refractivity contribution in [1.82, 2.24) is 0 Å². The standard InChI is InChI=1S/C25H22N2O2S2/c1-26(2)20-10-12-21(13-11-20)27-24(28)23(31-25(27)30)16-18-8-14-22(15-9-18)29-17-19-6-4-3-5-7-19/h3-16H,17H2,1-2H3/b23-16+. The predicted octanol–water partition coefficient (Wildman–Crippen LogP) is 5.74. The third kappa shape index (κ3) is 4.98. The lowest BCUT2D eigenvalue weighted by atomic mass is 10.2. The summed E-state index contributed by atoms with van der Waals surface area (Å²) in [6, 6.07) is 25.5. The first kappa shape index (κ1) is 21.2. The van der Waals surface area contributed by atoms with Crippen molar-refractivity contribution in [3.05, 3.63) is 94.9 Å². The van der Waals surface area contributed by atoms with Gasteiger partial charge in [0.25, 0.3) is 5.91 Å². The number of thiocarbonyl (C=S) groups is 1. The third-order valence-corrected chi connectivity index (χ3v) is 6.15. The van der Waals surface area contributed by atoms with Gasteiger partial charge in [0.1, 0.15) is 12.4 Å². The molecule has 0 unspecified atom stereocenters. The SMILES string of the molecule is CN(C)c1ccc(N2C(=O)/C(=C\c3ccc(OCc4ccccc4)cc3)SC2=S)cc1. The Balaban J connectivity index is 1.45. The molecular formula is C25H22N2O2S2. The van der Waals surface area contributed by atoms with Crippen molar-refractivity contribution in [1.29, 1.82) is 0 Å². The zero-order chi connectivity index (χ0) is 21.8. The molecule has 1 aliphatic heterocycles. The topological polar surface area (TPSA) is 32.8 Å². The van der Waals surface area contributed by atoms with Gasteiger partial charge in [0.15, 0.2) is 4.32 Å². The van der Waals surface area contributed by atoms with Gasteiger partial charge < -0.3 is 9.64 Å². The molecule has 4 rings (SSSR count). The molecule has 0 aliphatic carbocycles.